The van der Waals surface area contributed by atoms with Crippen LogP contribution in [0.25, 0.3) is 5.69 Å². The van der Waals surface area contributed by atoms with Crippen LogP contribution in [0.15, 0.2) is 42.6 Å². The first-order valence-corrected chi connectivity index (χ1v) is 7.03. The van der Waals surface area contributed by atoms with E-state index in [-0.39, 0.29) is 6.04 Å². The Hall–Kier alpha value is -1.69. The van der Waals surface area contributed by atoms with Gasteiger partial charge in [0.05, 0.1) is 24.0 Å². The third-order valence-electron chi connectivity index (χ3n) is 3.84. The van der Waals surface area contributed by atoms with Crippen LogP contribution in [-0.4, -0.2) is 23.0 Å². The summed E-state index contributed by atoms with van der Waals surface area (Å²) in [5, 5.41) is 4.43. The molecule has 3 rings (SSSR count). The number of para-hydroxylation sites is 1. The molecule has 0 radical (unpaired) electrons. The van der Waals surface area contributed by atoms with Gasteiger partial charge in [-0.2, -0.15) is 5.10 Å². The molecule has 5 heteroatoms. The van der Waals surface area contributed by atoms with E-state index in [9.17, 15) is 0 Å². The number of ether oxygens (including phenoxy) is 1. The summed E-state index contributed by atoms with van der Waals surface area (Å²) in [6.45, 7) is 1.60. The molecule has 1 aromatic heterocycles. The number of hydrogen-bond acceptors (Lipinski definition) is 4. The molecule has 0 amide bonds. The van der Waals surface area contributed by atoms with Crippen molar-refractivity contribution in [3.63, 3.8) is 0 Å². The van der Waals surface area contributed by atoms with Crippen LogP contribution in [0.5, 0.6) is 0 Å². The van der Waals surface area contributed by atoms with Gasteiger partial charge in [0, 0.05) is 18.7 Å². The highest BCUT2D eigenvalue weighted by Crippen LogP contribution is 2.29. The maximum Gasteiger partial charge on any atom is 0.0683 e. The van der Waals surface area contributed by atoms with Gasteiger partial charge in [0.15, 0.2) is 0 Å². The summed E-state index contributed by atoms with van der Waals surface area (Å²) in [5.74, 6) is 6.18. The molecule has 1 fully saturated rings. The van der Waals surface area contributed by atoms with Crippen LogP contribution in [0.4, 0.5) is 0 Å². The van der Waals surface area contributed by atoms with Crippen LogP contribution in [0, 0.1) is 5.92 Å². The van der Waals surface area contributed by atoms with Crippen LogP contribution in [0.3, 0.4) is 0 Å². The Morgan fingerprint density at radius 2 is 2.15 bits per heavy atom. The Labute approximate surface area is 118 Å². The second-order valence-electron chi connectivity index (χ2n) is 5.12. The molecule has 20 heavy (non-hydrogen) atoms. The van der Waals surface area contributed by atoms with Gasteiger partial charge in [-0.1, -0.05) is 18.2 Å². The predicted molar refractivity (Wildman–Crippen MR) is 77.2 cm³/mol. The van der Waals surface area contributed by atoms with E-state index in [0.717, 1.165) is 37.4 Å². The lowest BCUT2D eigenvalue weighted by molar-refractivity contribution is 0.0380. The zero-order valence-corrected chi connectivity index (χ0v) is 11.4. The number of rotatable bonds is 4. The zero-order valence-electron chi connectivity index (χ0n) is 11.4. The third kappa shape index (κ3) is 2.60. The number of nitrogens with one attached hydrogen (secondary N) is 1. The molecule has 2 unspecified atom stereocenters. The highest BCUT2D eigenvalue weighted by Gasteiger charge is 2.27. The average molecular weight is 272 g/mol. The van der Waals surface area contributed by atoms with E-state index < -0.39 is 0 Å². The number of aromatic nitrogens is 2. The summed E-state index contributed by atoms with van der Waals surface area (Å²) in [6.07, 6.45) is 4.02. The highest BCUT2D eigenvalue weighted by molar-refractivity contribution is 5.33. The van der Waals surface area contributed by atoms with Gasteiger partial charge < -0.3 is 4.74 Å². The van der Waals surface area contributed by atoms with Gasteiger partial charge in [0.1, 0.15) is 0 Å². The van der Waals surface area contributed by atoms with Crippen LogP contribution >= 0.6 is 0 Å². The summed E-state index contributed by atoms with van der Waals surface area (Å²) in [5.41, 5.74) is 5.07. The van der Waals surface area contributed by atoms with Gasteiger partial charge in [-0.05, 0) is 31.0 Å². The third-order valence-corrected chi connectivity index (χ3v) is 3.84. The van der Waals surface area contributed by atoms with Crippen LogP contribution in [0.1, 0.15) is 24.6 Å². The second-order valence-corrected chi connectivity index (χ2v) is 5.12. The smallest absolute Gasteiger partial charge is 0.0683 e. The first-order chi connectivity index (χ1) is 9.90. The lowest BCUT2D eigenvalue weighted by Gasteiger charge is -2.30. The van der Waals surface area contributed by atoms with E-state index in [1.54, 1.807) is 0 Å². The monoisotopic (exact) mass is 272 g/mol. The van der Waals surface area contributed by atoms with E-state index in [2.05, 4.69) is 10.5 Å². The Morgan fingerprint density at radius 1 is 1.30 bits per heavy atom. The van der Waals surface area contributed by atoms with Crippen LogP contribution < -0.4 is 11.3 Å². The normalized spacial score (nSPS) is 20.8. The predicted octanol–water partition coefficient (Wildman–Crippen LogP) is 1.80. The molecule has 1 aliphatic heterocycles. The minimum absolute atomic E-state index is 0.0537. The van der Waals surface area contributed by atoms with Crippen molar-refractivity contribution >= 4 is 0 Å². The van der Waals surface area contributed by atoms with Gasteiger partial charge in [-0.15, -0.1) is 0 Å². The Morgan fingerprint density at radius 3 is 2.85 bits per heavy atom. The van der Waals surface area contributed by atoms with E-state index >= 15 is 0 Å². The molecule has 2 atom stereocenters. The van der Waals surface area contributed by atoms with Crippen molar-refractivity contribution < 1.29 is 4.74 Å². The number of benzene rings is 1. The fourth-order valence-corrected chi connectivity index (χ4v) is 2.83. The molecule has 1 aromatic carbocycles. The van der Waals surface area contributed by atoms with Crippen molar-refractivity contribution in [2.45, 2.75) is 18.9 Å². The molecular weight excluding hydrogens is 252 g/mol. The SMILES string of the molecule is NNC(c1ccnn1-c1ccccc1)C1CCCOC1. The van der Waals surface area contributed by atoms with E-state index in [1.807, 2.05) is 47.3 Å². The van der Waals surface area contributed by atoms with Gasteiger partial charge in [0.25, 0.3) is 0 Å². The van der Waals surface area contributed by atoms with E-state index in [1.165, 1.54) is 0 Å². The first-order valence-electron chi connectivity index (χ1n) is 7.03. The number of hydrogen-bond donors (Lipinski definition) is 2. The van der Waals surface area contributed by atoms with Crippen LogP contribution in [-0.2, 0) is 4.74 Å². The number of nitrogens with two attached hydrogens (primary N) is 1. The second kappa shape index (κ2) is 6.17. The molecule has 0 saturated carbocycles. The Bertz CT molecular complexity index is 534. The molecule has 0 spiro atoms. The van der Waals surface area contributed by atoms with Crippen molar-refractivity contribution in [1.82, 2.24) is 15.2 Å². The number of nitrogens with zero attached hydrogens (tertiary/aromatic N) is 2. The topological polar surface area (TPSA) is 65.1 Å². The van der Waals surface area contributed by atoms with E-state index in [0.29, 0.717) is 5.92 Å². The fourth-order valence-electron chi connectivity index (χ4n) is 2.83. The summed E-state index contributed by atoms with van der Waals surface area (Å²) in [4.78, 5) is 0. The fraction of sp³-hybridized carbons (Fsp3) is 0.400. The molecule has 2 heterocycles. The molecule has 1 aliphatic rings. The van der Waals surface area contributed by atoms with Crippen molar-refractivity contribution in [3.8, 4) is 5.69 Å². The van der Waals surface area contributed by atoms with Crippen molar-refractivity contribution in [1.29, 1.82) is 0 Å². The minimum atomic E-state index is 0.0537. The molecule has 2 aromatic rings. The maximum atomic E-state index is 5.80. The van der Waals surface area contributed by atoms with Gasteiger partial charge in [-0.3, -0.25) is 11.3 Å². The van der Waals surface area contributed by atoms with Crippen molar-refractivity contribution in [2.24, 2.45) is 11.8 Å². The molecule has 106 valence electrons. The molecule has 3 N–H and O–H groups in total. The quantitative estimate of drug-likeness (QED) is 0.658. The molecule has 1 saturated heterocycles. The van der Waals surface area contributed by atoms with E-state index in [4.69, 9.17) is 10.6 Å². The maximum absolute atomic E-state index is 5.80. The zero-order chi connectivity index (χ0) is 13.8. The largest absolute Gasteiger partial charge is 0.381 e. The lowest BCUT2D eigenvalue weighted by Crippen LogP contribution is -2.38. The van der Waals surface area contributed by atoms with Gasteiger partial charge in [-0.25, -0.2) is 4.68 Å². The summed E-state index contributed by atoms with van der Waals surface area (Å²) >= 11 is 0. The lowest BCUT2D eigenvalue weighted by atomic mass is 9.92. The average Bonchev–Trinajstić information content (AvgIpc) is 2.99. The minimum Gasteiger partial charge on any atom is -0.381 e. The summed E-state index contributed by atoms with van der Waals surface area (Å²) in [7, 11) is 0. The molecule has 5 nitrogen and oxygen atoms in total. The Balaban J connectivity index is 1.91. The molecular formula is C15H20N4O. The standard InChI is InChI=1S/C15H20N4O/c16-18-15(12-5-4-10-20-11-12)14-8-9-17-19(14)13-6-2-1-3-7-13/h1-3,6-9,12,15,18H,4-5,10-11,16H2. The summed E-state index contributed by atoms with van der Waals surface area (Å²) in [6, 6.07) is 12.2. The van der Waals surface area contributed by atoms with Gasteiger partial charge in [0.2, 0.25) is 0 Å². The highest BCUT2D eigenvalue weighted by atomic mass is 16.5. The van der Waals surface area contributed by atoms with Crippen molar-refractivity contribution in [3.05, 3.63) is 48.3 Å². The number of hydrazine groups is 1. The summed E-state index contributed by atoms with van der Waals surface area (Å²) < 4.78 is 7.53. The molecule has 0 aliphatic carbocycles. The van der Waals surface area contributed by atoms with Gasteiger partial charge >= 0.3 is 0 Å². The van der Waals surface area contributed by atoms with Crippen molar-refractivity contribution in [2.75, 3.05) is 13.2 Å². The first kappa shape index (κ1) is 13.3. The molecule has 0 bridgehead atoms. The Kier molecular flexibility index (Phi) is 4.11. The van der Waals surface area contributed by atoms with Crippen LogP contribution in [0.2, 0.25) is 0 Å².